The van der Waals surface area contributed by atoms with Crippen LogP contribution < -0.4 is 0 Å². The van der Waals surface area contributed by atoms with Gasteiger partial charge in [0.25, 0.3) is 0 Å². The number of aryl methyl sites for hydroxylation is 2. The Morgan fingerprint density at radius 3 is 2.40 bits per heavy atom. The number of fused-ring (bicyclic) bond motifs is 1. The molecule has 0 atom stereocenters. The third-order valence-corrected chi connectivity index (χ3v) is 5.24. The molecule has 1 heteroatoms. The summed E-state index contributed by atoms with van der Waals surface area (Å²) in [4.78, 5) is 0. The molecule has 0 saturated heterocycles. The Morgan fingerprint density at radius 2 is 1.88 bits per heavy atom. The fourth-order valence-corrected chi connectivity index (χ4v) is 3.40. The molecule has 0 bridgehead atoms. The molecule has 0 amide bonds. The predicted octanol–water partition coefficient (Wildman–Crippen LogP) is 6.14. The van der Waals surface area contributed by atoms with E-state index in [4.69, 9.17) is 0 Å². The van der Waals surface area contributed by atoms with Gasteiger partial charge in [-0.3, -0.25) is 6.08 Å². The number of benzene rings is 1. The molecule has 0 saturated carbocycles. The Hall–Kier alpha value is -1.20. The van der Waals surface area contributed by atoms with E-state index in [1.165, 1.54) is 64.3 Å². The van der Waals surface area contributed by atoms with Crippen molar-refractivity contribution in [2.24, 2.45) is 0 Å². The molecule has 2 aliphatic rings. The molecular formula is C24H28Zr. The van der Waals surface area contributed by atoms with Gasteiger partial charge in [-0.2, -0.15) is 29.3 Å². The third-order valence-electron chi connectivity index (χ3n) is 4.53. The van der Waals surface area contributed by atoms with Gasteiger partial charge in [0, 0.05) is 0 Å². The summed E-state index contributed by atoms with van der Waals surface area (Å²) < 4.78 is 1.46. The van der Waals surface area contributed by atoms with Crippen molar-refractivity contribution in [1.29, 1.82) is 0 Å². The van der Waals surface area contributed by atoms with Gasteiger partial charge in [0.2, 0.25) is 0 Å². The van der Waals surface area contributed by atoms with E-state index in [0.717, 1.165) is 12.8 Å². The van der Waals surface area contributed by atoms with Crippen LogP contribution in [0.4, 0.5) is 0 Å². The van der Waals surface area contributed by atoms with Crippen LogP contribution in [0, 0.1) is 6.08 Å². The SMILES string of the molecule is CCC1=CC[C-]=C1.C[C](=[Zr+2])c1ccccc1.c1cc2c([cH-]1)CCCC2. The summed E-state index contributed by atoms with van der Waals surface area (Å²) in [6.45, 7) is 4.32. The van der Waals surface area contributed by atoms with Crippen LogP contribution in [0.1, 0.15) is 56.2 Å². The molecule has 2 aliphatic carbocycles. The van der Waals surface area contributed by atoms with Crippen molar-refractivity contribution in [3.05, 3.63) is 89.0 Å². The molecule has 0 aliphatic heterocycles. The average molecular weight is 408 g/mol. The van der Waals surface area contributed by atoms with Crippen molar-refractivity contribution in [3.63, 3.8) is 0 Å². The van der Waals surface area contributed by atoms with Crippen LogP contribution in [0.2, 0.25) is 0 Å². The molecule has 0 N–H and O–H groups in total. The average Bonchev–Trinajstić information content (AvgIpc) is 3.35. The Balaban J connectivity index is 0.000000137. The van der Waals surface area contributed by atoms with E-state index in [1.807, 2.05) is 6.07 Å². The van der Waals surface area contributed by atoms with Crippen molar-refractivity contribution in [2.45, 2.75) is 52.4 Å². The van der Waals surface area contributed by atoms with Crippen LogP contribution in [0.3, 0.4) is 0 Å². The number of hydrogen-bond acceptors (Lipinski definition) is 0. The van der Waals surface area contributed by atoms with E-state index >= 15 is 0 Å². The largest absolute Gasteiger partial charge is 0.210 e. The van der Waals surface area contributed by atoms with Gasteiger partial charge in [0.1, 0.15) is 0 Å². The van der Waals surface area contributed by atoms with Crippen LogP contribution in [-0.2, 0) is 37.1 Å². The van der Waals surface area contributed by atoms with E-state index in [0.29, 0.717) is 0 Å². The standard InChI is InChI=1S/C9H11.C8H8.C7H9.Zr/c1-2-5-9-7-3-6-8(9)4-1;1-2-8-6-4-3-5-7-8;1-2-7-5-3-4-6-7;/h3,6-7H,1-2,4-5H2;3-7H,1H3;5-6H,2-3H2,1H3;/q-1;;-1;+2. The molecule has 25 heavy (non-hydrogen) atoms. The maximum Gasteiger partial charge on any atom is -0.0512 e. The van der Waals surface area contributed by atoms with Gasteiger partial charge in [0.05, 0.1) is 0 Å². The van der Waals surface area contributed by atoms with Crippen molar-refractivity contribution in [1.82, 2.24) is 0 Å². The van der Waals surface area contributed by atoms with Gasteiger partial charge < -0.3 is 0 Å². The number of hydrogen-bond donors (Lipinski definition) is 0. The molecule has 0 fully saturated rings. The summed E-state index contributed by atoms with van der Waals surface area (Å²) in [6, 6.07) is 17.2. The summed E-state index contributed by atoms with van der Waals surface area (Å²) in [5.74, 6) is 0. The monoisotopic (exact) mass is 406 g/mol. The zero-order valence-corrected chi connectivity index (χ0v) is 18.0. The number of rotatable bonds is 2. The Labute approximate surface area is 168 Å². The van der Waals surface area contributed by atoms with Gasteiger partial charge in [-0.05, 0) is 0 Å². The van der Waals surface area contributed by atoms with Crippen molar-refractivity contribution < 1.29 is 24.2 Å². The first kappa shape index (κ1) is 20.1. The maximum atomic E-state index is 3.11. The molecule has 128 valence electrons. The third kappa shape index (κ3) is 7.29. The molecule has 0 radical (unpaired) electrons. The summed E-state index contributed by atoms with van der Waals surface area (Å²) in [7, 11) is 0. The van der Waals surface area contributed by atoms with Crippen molar-refractivity contribution in [2.75, 3.05) is 0 Å². The molecule has 4 rings (SSSR count). The predicted molar refractivity (Wildman–Crippen MR) is 106 cm³/mol. The minimum atomic E-state index is 1.03. The number of allylic oxidation sites excluding steroid dienone is 4. The quantitative estimate of drug-likeness (QED) is 0.524. The molecule has 0 spiro atoms. The molecule has 2 aromatic rings. The molecule has 0 heterocycles. The van der Waals surface area contributed by atoms with Crippen LogP contribution in [0.25, 0.3) is 0 Å². The van der Waals surface area contributed by atoms with E-state index in [-0.39, 0.29) is 0 Å². The second kappa shape index (κ2) is 11.4. The molecule has 0 unspecified atom stereocenters. The summed E-state index contributed by atoms with van der Waals surface area (Å²) in [5, 5.41) is 0. The van der Waals surface area contributed by atoms with Crippen LogP contribution in [0.15, 0.2) is 66.3 Å². The molecule has 0 aromatic heterocycles. The topological polar surface area (TPSA) is 0 Å². The van der Waals surface area contributed by atoms with Crippen molar-refractivity contribution >= 4 is 3.21 Å². The first-order valence-electron chi connectivity index (χ1n) is 9.30. The molecule has 2 aromatic carbocycles. The zero-order chi connectivity index (χ0) is 17.9. The smallest absolute Gasteiger partial charge is 0.0512 e. The molecular weight excluding hydrogens is 379 g/mol. The normalized spacial score (nSPS) is 14.5. The van der Waals surface area contributed by atoms with Crippen LogP contribution >= 0.6 is 0 Å². The Bertz CT molecular complexity index is 680. The van der Waals surface area contributed by atoms with Crippen LogP contribution in [-0.4, -0.2) is 3.21 Å². The van der Waals surface area contributed by atoms with Gasteiger partial charge in [-0.1, -0.05) is 39.0 Å². The Kier molecular flexibility index (Phi) is 9.19. The summed E-state index contributed by atoms with van der Waals surface area (Å²) in [6.07, 6.45) is 15.0. The van der Waals surface area contributed by atoms with Gasteiger partial charge >= 0.3 is 70.3 Å². The minimum Gasteiger partial charge on any atom is -0.210 e. The fraction of sp³-hybridized carbons (Fsp3) is 0.333. The van der Waals surface area contributed by atoms with Gasteiger partial charge in [-0.25, -0.2) is 17.7 Å². The van der Waals surface area contributed by atoms with E-state index in [9.17, 15) is 0 Å². The Morgan fingerprint density at radius 1 is 1.12 bits per heavy atom. The summed E-state index contributed by atoms with van der Waals surface area (Å²) >= 11 is 1.51. The first-order chi connectivity index (χ1) is 12.2. The minimum absolute atomic E-state index is 1.03. The first-order valence-corrected chi connectivity index (χ1v) is 10.5. The zero-order valence-electron chi connectivity index (χ0n) is 15.5. The molecule has 0 nitrogen and oxygen atoms in total. The second-order valence-corrected chi connectivity index (χ2v) is 8.30. The van der Waals surface area contributed by atoms with E-state index in [1.54, 1.807) is 11.1 Å². The van der Waals surface area contributed by atoms with E-state index < -0.39 is 0 Å². The van der Waals surface area contributed by atoms with E-state index in [2.05, 4.69) is 74.5 Å². The van der Waals surface area contributed by atoms with Crippen molar-refractivity contribution in [3.8, 4) is 0 Å². The van der Waals surface area contributed by atoms with Crippen LogP contribution in [0.5, 0.6) is 0 Å². The second-order valence-electron chi connectivity index (χ2n) is 6.46. The fourth-order valence-electron chi connectivity index (χ4n) is 2.99. The summed E-state index contributed by atoms with van der Waals surface area (Å²) in [5.41, 5.74) is 6.00. The van der Waals surface area contributed by atoms with Gasteiger partial charge in [-0.15, -0.1) is 6.42 Å². The maximum absolute atomic E-state index is 3.11. The van der Waals surface area contributed by atoms with Gasteiger partial charge in [0.15, 0.2) is 0 Å².